The van der Waals surface area contributed by atoms with E-state index in [1.54, 1.807) is 11.9 Å². The topological polar surface area (TPSA) is 65.6 Å². The minimum atomic E-state index is -0.426. The number of aryl methyl sites for hydroxylation is 2. The molecule has 206 valence electrons. The number of piperazine rings is 1. The van der Waals surface area contributed by atoms with Gasteiger partial charge in [0.25, 0.3) is 0 Å². The summed E-state index contributed by atoms with van der Waals surface area (Å²) in [6.45, 7) is 12.2. The van der Waals surface area contributed by atoms with Gasteiger partial charge in [-0.1, -0.05) is 18.2 Å². The Hall–Kier alpha value is -2.83. The van der Waals surface area contributed by atoms with Crippen molar-refractivity contribution in [3.8, 4) is 5.75 Å². The van der Waals surface area contributed by atoms with E-state index in [1.807, 2.05) is 24.9 Å². The van der Waals surface area contributed by atoms with Crippen LogP contribution in [0.15, 0.2) is 36.4 Å². The first-order chi connectivity index (χ1) is 18.4. The van der Waals surface area contributed by atoms with Gasteiger partial charge in [-0.3, -0.25) is 19.3 Å². The zero-order chi connectivity index (χ0) is 27.1. The summed E-state index contributed by atoms with van der Waals surface area (Å²) in [5.41, 5.74) is 5.95. The van der Waals surface area contributed by atoms with Gasteiger partial charge in [0.1, 0.15) is 5.75 Å². The largest absolute Gasteiger partial charge is 0.494 e. The van der Waals surface area contributed by atoms with E-state index < -0.39 is 6.09 Å². The highest BCUT2D eigenvalue weighted by molar-refractivity contribution is 7.35. The first-order valence-corrected chi connectivity index (χ1v) is 15.0. The maximum absolute atomic E-state index is 12.6. The predicted molar refractivity (Wildman–Crippen MR) is 155 cm³/mol. The van der Waals surface area contributed by atoms with Crippen LogP contribution < -0.4 is 14.5 Å². The van der Waals surface area contributed by atoms with Gasteiger partial charge in [0.2, 0.25) is 5.91 Å². The third-order valence-corrected chi connectivity index (χ3v) is 8.46. The van der Waals surface area contributed by atoms with Gasteiger partial charge in [0.05, 0.1) is 12.3 Å². The standard InChI is InChI=1S/C29H41N4O4P/c1-22-8-7-9-26(23(22)2)32-17-15-31(16-18-32)14-5-6-19-36-25-12-10-24-11-13-28(34)33(27(24)20-25)21-37-29(35)30(3)38-4/h7-10,12,20,38H,5-6,11,13-19,21H2,1-4H3. The number of rotatable bonds is 10. The van der Waals surface area contributed by atoms with Crippen LogP contribution in [0.5, 0.6) is 5.75 Å². The van der Waals surface area contributed by atoms with Crippen molar-refractivity contribution in [2.75, 3.05) is 69.6 Å². The molecule has 2 aliphatic heterocycles. The Morgan fingerprint density at radius 3 is 2.58 bits per heavy atom. The fraction of sp³-hybridized carbons (Fsp3) is 0.517. The van der Waals surface area contributed by atoms with Crippen LogP contribution >= 0.6 is 8.73 Å². The second-order valence-corrected chi connectivity index (χ2v) is 11.2. The maximum atomic E-state index is 12.6. The van der Waals surface area contributed by atoms with Crippen molar-refractivity contribution >= 4 is 32.1 Å². The van der Waals surface area contributed by atoms with Crippen molar-refractivity contribution in [2.45, 2.75) is 39.5 Å². The number of hydrogen-bond acceptors (Lipinski definition) is 6. The molecular weight excluding hydrogens is 499 g/mol. The van der Waals surface area contributed by atoms with Crippen LogP contribution in [0.4, 0.5) is 16.2 Å². The summed E-state index contributed by atoms with van der Waals surface area (Å²) in [6, 6.07) is 12.5. The highest BCUT2D eigenvalue weighted by Crippen LogP contribution is 2.32. The van der Waals surface area contributed by atoms with Crippen molar-refractivity contribution < 1.29 is 19.1 Å². The Morgan fingerprint density at radius 1 is 1.03 bits per heavy atom. The van der Waals surface area contributed by atoms with Crippen LogP contribution in [-0.4, -0.2) is 81.3 Å². The Morgan fingerprint density at radius 2 is 1.82 bits per heavy atom. The molecule has 0 N–H and O–H groups in total. The number of nitrogens with zero attached hydrogens (tertiary/aromatic N) is 4. The quantitative estimate of drug-likeness (QED) is 0.318. The summed E-state index contributed by atoms with van der Waals surface area (Å²) >= 11 is 0. The summed E-state index contributed by atoms with van der Waals surface area (Å²) in [7, 11) is 1.99. The molecule has 9 heteroatoms. The van der Waals surface area contributed by atoms with Gasteiger partial charge in [-0.05, 0) is 83.9 Å². The monoisotopic (exact) mass is 540 g/mol. The predicted octanol–water partition coefficient (Wildman–Crippen LogP) is 4.81. The summed E-state index contributed by atoms with van der Waals surface area (Å²) in [5, 5.41) is 0. The SMILES string of the molecule is CPN(C)C(=O)OCN1C(=O)CCc2ccc(OCCCCN3CCN(c4cccc(C)c4C)CC3)cc21. The maximum Gasteiger partial charge on any atom is 0.414 e. The highest BCUT2D eigenvalue weighted by atomic mass is 31.1. The minimum Gasteiger partial charge on any atom is -0.494 e. The molecule has 0 aromatic heterocycles. The number of carbonyl (C=O) groups is 2. The van der Waals surface area contributed by atoms with E-state index in [1.165, 1.54) is 21.5 Å². The van der Waals surface area contributed by atoms with Gasteiger partial charge in [-0.2, -0.15) is 0 Å². The average molecular weight is 541 g/mol. The lowest BCUT2D eigenvalue weighted by molar-refractivity contribution is -0.119. The zero-order valence-electron chi connectivity index (χ0n) is 23.2. The number of unbranched alkanes of at least 4 members (excludes halogenated alkanes) is 1. The first-order valence-electron chi connectivity index (χ1n) is 13.5. The Kier molecular flexibility index (Phi) is 9.86. The molecule has 1 fully saturated rings. The van der Waals surface area contributed by atoms with Crippen molar-refractivity contribution in [1.82, 2.24) is 9.57 Å². The number of anilines is 2. The molecule has 8 nitrogen and oxygen atoms in total. The third-order valence-electron chi connectivity index (χ3n) is 7.61. The molecule has 2 aromatic carbocycles. The fourth-order valence-electron chi connectivity index (χ4n) is 4.97. The molecule has 1 atom stereocenters. The second kappa shape index (κ2) is 13.3. The van der Waals surface area contributed by atoms with E-state index in [0.29, 0.717) is 28.2 Å². The van der Waals surface area contributed by atoms with Gasteiger partial charge in [-0.15, -0.1) is 0 Å². The molecule has 0 radical (unpaired) electrons. The number of amides is 2. The summed E-state index contributed by atoms with van der Waals surface area (Å²) in [5.74, 6) is 0.700. The molecule has 1 saturated heterocycles. The second-order valence-electron chi connectivity index (χ2n) is 10.0. The molecule has 0 bridgehead atoms. The Labute approximate surface area is 228 Å². The van der Waals surface area contributed by atoms with Crippen molar-refractivity contribution in [1.29, 1.82) is 0 Å². The van der Waals surface area contributed by atoms with Crippen LogP contribution in [0.3, 0.4) is 0 Å². The normalized spacial score (nSPS) is 16.2. The Balaban J connectivity index is 1.21. The third kappa shape index (κ3) is 6.97. The summed E-state index contributed by atoms with van der Waals surface area (Å²) in [4.78, 5) is 31.2. The van der Waals surface area contributed by atoms with Gasteiger partial charge < -0.3 is 14.4 Å². The molecular formula is C29H41N4O4P. The lowest BCUT2D eigenvalue weighted by Gasteiger charge is -2.37. The number of fused-ring (bicyclic) bond motifs is 1. The number of carbonyl (C=O) groups excluding carboxylic acids is 2. The van der Waals surface area contributed by atoms with E-state index in [2.05, 4.69) is 41.8 Å². The first kappa shape index (κ1) is 28.2. The van der Waals surface area contributed by atoms with E-state index in [-0.39, 0.29) is 12.6 Å². The van der Waals surface area contributed by atoms with Crippen LogP contribution in [-0.2, 0) is 16.0 Å². The van der Waals surface area contributed by atoms with E-state index in [0.717, 1.165) is 62.6 Å². The van der Waals surface area contributed by atoms with Gasteiger partial charge in [0, 0.05) is 51.4 Å². The molecule has 38 heavy (non-hydrogen) atoms. The smallest absolute Gasteiger partial charge is 0.414 e. The number of ether oxygens (including phenoxy) is 2. The molecule has 1 unspecified atom stereocenters. The lowest BCUT2D eigenvalue weighted by atomic mass is 10.0. The molecule has 0 saturated carbocycles. The van der Waals surface area contributed by atoms with E-state index >= 15 is 0 Å². The van der Waals surface area contributed by atoms with Crippen LogP contribution in [0.2, 0.25) is 0 Å². The molecule has 0 aliphatic carbocycles. The molecule has 2 aromatic rings. The Bertz CT molecular complexity index is 1120. The average Bonchev–Trinajstić information content (AvgIpc) is 2.93. The van der Waals surface area contributed by atoms with Crippen LogP contribution in [0.25, 0.3) is 0 Å². The van der Waals surface area contributed by atoms with E-state index in [9.17, 15) is 9.59 Å². The molecule has 2 aliphatic rings. The minimum absolute atomic E-state index is 0.0401. The van der Waals surface area contributed by atoms with Crippen LogP contribution in [0, 0.1) is 13.8 Å². The summed E-state index contributed by atoms with van der Waals surface area (Å²) in [6.07, 6.45) is 2.73. The zero-order valence-corrected chi connectivity index (χ0v) is 24.2. The molecule has 2 amide bonds. The lowest BCUT2D eigenvalue weighted by Crippen LogP contribution is -2.46. The molecule has 2 heterocycles. The number of hydrogen-bond donors (Lipinski definition) is 0. The molecule has 0 spiro atoms. The number of benzene rings is 2. The highest BCUT2D eigenvalue weighted by Gasteiger charge is 2.26. The summed E-state index contributed by atoms with van der Waals surface area (Å²) < 4.78 is 12.9. The van der Waals surface area contributed by atoms with E-state index in [4.69, 9.17) is 9.47 Å². The van der Waals surface area contributed by atoms with Gasteiger partial charge in [0.15, 0.2) is 6.73 Å². The molecule has 4 rings (SSSR count). The van der Waals surface area contributed by atoms with Crippen molar-refractivity contribution in [3.63, 3.8) is 0 Å². The van der Waals surface area contributed by atoms with Crippen LogP contribution in [0.1, 0.15) is 36.0 Å². The fourth-order valence-corrected chi connectivity index (χ4v) is 5.22. The van der Waals surface area contributed by atoms with Gasteiger partial charge >= 0.3 is 6.09 Å². The van der Waals surface area contributed by atoms with Gasteiger partial charge in [-0.25, -0.2) is 4.79 Å². The van der Waals surface area contributed by atoms with Crippen molar-refractivity contribution in [2.24, 2.45) is 0 Å². The van der Waals surface area contributed by atoms with Crippen molar-refractivity contribution in [3.05, 3.63) is 53.1 Å².